The van der Waals surface area contributed by atoms with Gasteiger partial charge in [0.1, 0.15) is 11.5 Å². The van der Waals surface area contributed by atoms with Crippen LogP contribution in [0.3, 0.4) is 0 Å². The van der Waals surface area contributed by atoms with E-state index in [1.165, 1.54) is 12.8 Å². The molecule has 0 N–H and O–H groups in total. The first-order chi connectivity index (χ1) is 12.1. The number of aromatic nitrogens is 3. The first-order valence-corrected chi connectivity index (χ1v) is 8.99. The van der Waals surface area contributed by atoms with Gasteiger partial charge in [-0.15, -0.1) is 0 Å². The number of hydrogen-bond acceptors (Lipinski definition) is 4. The maximum Gasteiger partial charge on any atom is 0.273 e. The average Bonchev–Trinajstić information content (AvgIpc) is 3.34. The summed E-state index contributed by atoms with van der Waals surface area (Å²) in [6, 6.07) is 3.65. The number of fused-ring (bicyclic) bond motifs is 1. The molecule has 0 aromatic carbocycles. The number of nitrogens with zero attached hydrogens (tertiary/aromatic N) is 4. The highest BCUT2D eigenvalue weighted by atomic mass is 16.5. The summed E-state index contributed by atoms with van der Waals surface area (Å²) in [4.78, 5) is 23.5. The first kappa shape index (κ1) is 16.3. The van der Waals surface area contributed by atoms with Crippen molar-refractivity contribution >= 4 is 5.91 Å². The van der Waals surface area contributed by atoms with Gasteiger partial charge in [0.25, 0.3) is 5.91 Å². The second-order valence-corrected chi connectivity index (χ2v) is 7.11. The van der Waals surface area contributed by atoms with Crippen LogP contribution in [0.2, 0.25) is 0 Å². The van der Waals surface area contributed by atoms with Gasteiger partial charge in [-0.1, -0.05) is 6.07 Å². The van der Waals surface area contributed by atoms with Crippen LogP contribution in [-0.4, -0.2) is 38.5 Å². The molecule has 6 nitrogen and oxygen atoms in total. The van der Waals surface area contributed by atoms with E-state index >= 15 is 0 Å². The van der Waals surface area contributed by atoms with Gasteiger partial charge in [0.15, 0.2) is 0 Å². The molecular weight excluding hydrogens is 316 g/mol. The highest BCUT2D eigenvalue weighted by Crippen LogP contribution is 2.30. The smallest absolute Gasteiger partial charge is 0.273 e. The van der Waals surface area contributed by atoms with Crippen molar-refractivity contribution in [2.75, 3.05) is 13.2 Å². The predicted molar refractivity (Wildman–Crippen MR) is 93.0 cm³/mol. The molecule has 6 heteroatoms. The molecule has 132 valence electrons. The molecule has 2 aromatic heterocycles. The van der Waals surface area contributed by atoms with Crippen molar-refractivity contribution in [2.45, 2.75) is 45.9 Å². The van der Waals surface area contributed by atoms with Crippen molar-refractivity contribution in [1.29, 1.82) is 0 Å². The molecule has 2 aromatic rings. The van der Waals surface area contributed by atoms with Crippen LogP contribution in [0.25, 0.3) is 0 Å². The van der Waals surface area contributed by atoms with E-state index in [4.69, 9.17) is 4.74 Å². The summed E-state index contributed by atoms with van der Waals surface area (Å²) in [7, 11) is 0. The molecule has 1 atom stereocenters. The predicted octanol–water partition coefficient (Wildman–Crippen LogP) is 2.73. The number of rotatable bonds is 5. The quantitative estimate of drug-likeness (QED) is 0.840. The molecule has 1 aliphatic carbocycles. The van der Waals surface area contributed by atoms with Gasteiger partial charge in [-0.2, -0.15) is 0 Å². The van der Waals surface area contributed by atoms with Gasteiger partial charge < -0.3 is 14.2 Å². The maximum atomic E-state index is 12.8. The molecule has 0 spiro atoms. The third-order valence-corrected chi connectivity index (χ3v) is 5.07. The number of carbonyl (C=O) groups is 1. The second kappa shape index (κ2) is 6.59. The van der Waals surface area contributed by atoms with Crippen LogP contribution in [0.1, 0.15) is 53.4 Å². The molecule has 1 fully saturated rings. The Bertz CT molecular complexity index is 764. The lowest BCUT2D eigenvalue weighted by Crippen LogP contribution is -2.41. The fourth-order valence-electron chi connectivity index (χ4n) is 3.31. The summed E-state index contributed by atoms with van der Waals surface area (Å²) >= 11 is 0. The zero-order valence-corrected chi connectivity index (χ0v) is 14.8. The molecule has 2 aliphatic rings. The number of pyridine rings is 1. The standard InChI is InChI=1S/C19H24N4O2/c1-13-3-6-17(20-9-13)19(24)22-7-8-23-16(10-21-18(23)14(22)2)12-25-11-15-4-5-15/h3,6,9-10,14-15H,4-5,7-8,11-12H2,1-2H3/t14-/m0/s1. The molecule has 1 amide bonds. The van der Waals surface area contributed by atoms with E-state index in [-0.39, 0.29) is 11.9 Å². The third-order valence-electron chi connectivity index (χ3n) is 5.07. The van der Waals surface area contributed by atoms with Gasteiger partial charge in [0.2, 0.25) is 0 Å². The van der Waals surface area contributed by atoms with Crippen molar-refractivity contribution in [3.63, 3.8) is 0 Å². The molecule has 0 radical (unpaired) electrons. The summed E-state index contributed by atoms with van der Waals surface area (Å²) in [6.45, 7) is 6.85. The summed E-state index contributed by atoms with van der Waals surface area (Å²) in [5, 5.41) is 0. The van der Waals surface area contributed by atoms with Crippen LogP contribution in [0.4, 0.5) is 0 Å². The maximum absolute atomic E-state index is 12.8. The minimum absolute atomic E-state index is 0.0340. The zero-order valence-electron chi connectivity index (χ0n) is 14.8. The van der Waals surface area contributed by atoms with Gasteiger partial charge in [0, 0.05) is 25.9 Å². The monoisotopic (exact) mass is 340 g/mol. The van der Waals surface area contributed by atoms with Crippen LogP contribution in [0, 0.1) is 12.8 Å². The number of imidazole rings is 1. The second-order valence-electron chi connectivity index (χ2n) is 7.11. The van der Waals surface area contributed by atoms with Gasteiger partial charge in [0.05, 0.1) is 24.5 Å². The van der Waals surface area contributed by atoms with Gasteiger partial charge in [-0.25, -0.2) is 4.98 Å². The van der Waals surface area contributed by atoms with Gasteiger partial charge in [-0.05, 0) is 44.2 Å². The number of carbonyl (C=O) groups excluding carboxylic acids is 1. The van der Waals surface area contributed by atoms with Crippen molar-refractivity contribution in [1.82, 2.24) is 19.4 Å². The molecule has 0 bridgehead atoms. The van der Waals surface area contributed by atoms with Crippen molar-refractivity contribution in [3.8, 4) is 0 Å². The summed E-state index contributed by atoms with van der Waals surface area (Å²) in [6.07, 6.45) is 6.21. The first-order valence-electron chi connectivity index (χ1n) is 8.99. The Balaban J connectivity index is 1.47. The number of hydrogen-bond donors (Lipinski definition) is 0. The van der Waals surface area contributed by atoms with Crippen LogP contribution in [0.5, 0.6) is 0 Å². The van der Waals surface area contributed by atoms with E-state index in [9.17, 15) is 4.79 Å². The molecule has 3 heterocycles. The summed E-state index contributed by atoms with van der Waals surface area (Å²) < 4.78 is 8.01. The zero-order chi connectivity index (χ0) is 17.4. The van der Waals surface area contributed by atoms with Crippen molar-refractivity contribution in [3.05, 3.63) is 47.3 Å². The molecular formula is C19H24N4O2. The summed E-state index contributed by atoms with van der Waals surface area (Å²) in [5.74, 6) is 1.66. The Morgan fingerprint density at radius 3 is 2.80 bits per heavy atom. The molecule has 0 unspecified atom stereocenters. The van der Waals surface area contributed by atoms with E-state index in [0.29, 0.717) is 18.8 Å². The van der Waals surface area contributed by atoms with Crippen molar-refractivity contribution in [2.24, 2.45) is 5.92 Å². The third kappa shape index (κ3) is 3.31. The van der Waals surface area contributed by atoms with Crippen LogP contribution in [0.15, 0.2) is 24.5 Å². The Labute approximate surface area is 147 Å². The molecule has 25 heavy (non-hydrogen) atoms. The minimum Gasteiger partial charge on any atom is -0.375 e. The lowest BCUT2D eigenvalue weighted by molar-refractivity contribution is 0.0620. The number of ether oxygens (including phenoxy) is 1. The van der Waals surface area contributed by atoms with E-state index in [1.807, 2.05) is 31.0 Å². The Kier molecular flexibility index (Phi) is 4.29. The Morgan fingerprint density at radius 1 is 1.24 bits per heavy atom. The van der Waals surface area contributed by atoms with Gasteiger partial charge in [-0.3, -0.25) is 9.78 Å². The normalized spacial score (nSPS) is 19.8. The lowest BCUT2D eigenvalue weighted by Gasteiger charge is -2.34. The van der Waals surface area contributed by atoms with Crippen LogP contribution in [-0.2, 0) is 17.9 Å². The average molecular weight is 340 g/mol. The van der Waals surface area contributed by atoms with E-state index in [0.717, 1.165) is 36.2 Å². The fraction of sp³-hybridized carbons (Fsp3) is 0.526. The number of amides is 1. The lowest BCUT2D eigenvalue weighted by atomic mass is 10.1. The van der Waals surface area contributed by atoms with Crippen LogP contribution < -0.4 is 0 Å². The van der Waals surface area contributed by atoms with E-state index in [1.54, 1.807) is 12.3 Å². The molecule has 4 rings (SSSR count). The topological polar surface area (TPSA) is 60.2 Å². The Morgan fingerprint density at radius 2 is 2.08 bits per heavy atom. The molecule has 1 aliphatic heterocycles. The minimum atomic E-state index is -0.0680. The largest absolute Gasteiger partial charge is 0.375 e. The van der Waals surface area contributed by atoms with E-state index in [2.05, 4.69) is 14.5 Å². The van der Waals surface area contributed by atoms with E-state index < -0.39 is 0 Å². The number of aryl methyl sites for hydroxylation is 1. The summed E-state index contributed by atoms with van der Waals surface area (Å²) in [5.41, 5.74) is 2.64. The van der Waals surface area contributed by atoms with Crippen LogP contribution >= 0.6 is 0 Å². The SMILES string of the molecule is Cc1ccc(C(=O)N2CCn3c(COCC4CC4)cnc3[C@@H]2C)nc1. The van der Waals surface area contributed by atoms with Crippen molar-refractivity contribution < 1.29 is 9.53 Å². The molecule has 1 saturated carbocycles. The highest BCUT2D eigenvalue weighted by molar-refractivity contribution is 5.92. The highest BCUT2D eigenvalue weighted by Gasteiger charge is 2.31. The van der Waals surface area contributed by atoms with Gasteiger partial charge >= 0.3 is 0 Å². The fourth-order valence-corrected chi connectivity index (χ4v) is 3.31. The molecule has 0 saturated heterocycles. The Hall–Kier alpha value is -2.21.